The number of H-pyrrole nitrogens is 1. The quantitative estimate of drug-likeness (QED) is 0.646. The third kappa shape index (κ3) is 3.26. The van der Waals surface area contributed by atoms with Gasteiger partial charge in [-0.15, -0.1) is 0 Å². The number of aryl methyl sites for hydroxylation is 1. The number of rotatable bonds is 5. The van der Waals surface area contributed by atoms with Crippen LogP contribution < -0.4 is 4.74 Å². The summed E-state index contributed by atoms with van der Waals surface area (Å²) in [5.74, 6) is 1.86. The molecule has 3 aromatic rings. The van der Waals surface area contributed by atoms with Crippen LogP contribution >= 0.6 is 0 Å². The molecule has 138 valence electrons. The van der Waals surface area contributed by atoms with E-state index in [1.807, 2.05) is 54.3 Å². The first-order valence-electron chi connectivity index (χ1n) is 8.91. The van der Waals surface area contributed by atoms with Crippen molar-refractivity contribution in [3.63, 3.8) is 0 Å². The molecular formula is C21H22N4O2. The molecule has 0 spiro atoms. The Hall–Kier alpha value is -3.28. The van der Waals surface area contributed by atoms with Crippen LogP contribution in [0.2, 0.25) is 0 Å². The van der Waals surface area contributed by atoms with Crippen molar-refractivity contribution >= 4 is 22.4 Å². The highest BCUT2D eigenvalue weighted by Crippen LogP contribution is 2.27. The lowest BCUT2D eigenvalue weighted by Crippen LogP contribution is -2.29. The third-order valence-electron chi connectivity index (χ3n) is 4.89. The van der Waals surface area contributed by atoms with Crippen molar-refractivity contribution in [2.45, 2.75) is 13.3 Å². The van der Waals surface area contributed by atoms with Gasteiger partial charge in [0, 0.05) is 6.54 Å². The summed E-state index contributed by atoms with van der Waals surface area (Å²) >= 11 is 0. The SMILES string of the molecule is COc1ccc(CCN2CC(O)=C(c3nc4ccc(C)cc4[nH]3)C2=N)cc1. The molecule has 1 aliphatic heterocycles. The van der Waals surface area contributed by atoms with E-state index in [1.54, 1.807) is 7.11 Å². The van der Waals surface area contributed by atoms with Crippen LogP contribution in [0.15, 0.2) is 48.2 Å². The molecule has 0 fully saturated rings. The molecule has 27 heavy (non-hydrogen) atoms. The Bertz CT molecular complexity index is 1030. The number of aliphatic hydroxyl groups excluding tert-OH is 1. The van der Waals surface area contributed by atoms with Gasteiger partial charge in [-0.1, -0.05) is 18.2 Å². The second-order valence-electron chi connectivity index (χ2n) is 6.80. The second kappa shape index (κ2) is 6.79. The van der Waals surface area contributed by atoms with Crippen molar-refractivity contribution < 1.29 is 9.84 Å². The Morgan fingerprint density at radius 1 is 1.22 bits per heavy atom. The van der Waals surface area contributed by atoms with E-state index in [4.69, 9.17) is 10.1 Å². The van der Waals surface area contributed by atoms with Gasteiger partial charge in [0.05, 0.1) is 30.3 Å². The van der Waals surface area contributed by atoms with Gasteiger partial charge in [-0.05, 0) is 48.7 Å². The summed E-state index contributed by atoms with van der Waals surface area (Å²) < 4.78 is 5.18. The molecule has 0 saturated carbocycles. The average molecular weight is 362 g/mol. The van der Waals surface area contributed by atoms with Gasteiger partial charge >= 0.3 is 0 Å². The zero-order valence-electron chi connectivity index (χ0n) is 15.4. The lowest BCUT2D eigenvalue weighted by Gasteiger charge is -2.18. The van der Waals surface area contributed by atoms with Gasteiger partial charge in [-0.2, -0.15) is 0 Å². The van der Waals surface area contributed by atoms with Crippen LogP contribution in [0.5, 0.6) is 5.75 Å². The molecule has 6 heteroatoms. The molecule has 0 radical (unpaired) electrons. The number of aromatic amines is 1. The summed E-state index contributed by atoms with van der Waals surface area (Å²) in [6.45, 7) is 3.01. The second-order valence-corrected chi connectivity index (χ2v) is 6.80. The zero-order chi connectivity index (χ0) is 19.0. The van der Waals surface area contributed by atoms with Crippen LogP contribution in [0.3, 0.4) is 0 Å². The number of ether oxygens (including phenoxy) is 1. The van der Waals surface area contributed by atoms with Crippen LogP contribution in [-0.4, -0.2) is 46.0 Å². The normalized spacial score (nSPS) is 14.4. The standard InChI is InChI=1S/C21H22N4O2/c1-13-3-8-16-17(11-13)24-21(23-16)19-18(26)12-25(20(19)22)10-9-14-4-6-15(27-2)7-5-14/h3-8,11,22,26H,9-10,12H2,1-2H3,(H,23,24). The average Bonchev–Trinajstić information content (AvgIpc) is 3.19. The Balaban J connectivity index is 1.50. The Morgan fingerprint density at radius 2 is 2.00 bits per heavy atom. The fraction of sp³-hybridized carbons (Fsp3) is 0.238. The van der Waals surface area contributed by atoms with E-state index in [2.05, 4.69) is 9.97 Å². The minimum atomic E-state index is 0.186. The minimum Gasteiger partial charge on any atom is -0.510 e. The number of imidazole rings is 1. The smallest absolute Gasteiger partial charge is 0.145 e. The van der Waals surface area contributed by atoms with Crippen molar-refractivity contribution in [1.29, 1.82) is 5.41 Å². The van der Waals surface area contributed by atoms with Crippen molar-refractivity contribution in [2.75, 3.05) is 20.2 Å². The summed E-state index contributed by atoms with van der Waals surface area (Å²) in [4.78, 5) is 9.66. The van der Waals surface area contributed by atoms with Crippen molar-refractivity contribution in [3.8, 4) is 5.75 Å². The number of nitrogens with one attached hydrogen (secondary N) is 2. The number of amidine groups is 1. The van der Waals surface area contributed by atoms with E-state index in [1.165, 1.54) is 0 Å². The highest BCUT2D eigenvalue weighted by molar-refractivity contribution is 6.23. The van der Waals surface area contributed by atoms with E-state index >= 15 is 0 Å². The number of hydrogen-bond donors (Lipinski definition) is 3. The maximum atomic E-state index is 10.4. The zero-order valence-corrected chi connectivity index (χ0v) is 15.4. The van der Waals surface area contributed by atoms with Crippen LogP contribution in [0.25, 0.3) is 16.6 Å². The molecule has 0 bridgehead atoms. The first kappa shape index (κ1) is 17.1. The summed E-state index contributed by atoms with van der Waals surface area (Å²) in [7, 11) is 1.65. The lowest BCUT2D eigenvalue weighted by atomic mass is 10.1. The Morgan fingerprint density at radius 3 is 2.74 bits per heavy atom. The number of aromatic nitrogens is 2. The summed E-state index contributed by atoms with van der Waals surface area (Å²) in [5.41, 5.74) is 4.53. The molecule has 0 aliphatic carbocycles. The van der Waals surface area contributed by atoms with Crippen molar-refractivity contribution in [3.05, 3.63) is 65.2 Å². The number of benzene rings is 2. The highest BCUT2D eigenvalue weighted by atomic mass is 16.5. The number of hydrogen-bond acceptors (Lipinski definition) is 4. The number of fused-ring (bicyclic) bond motifs is 1. The van der Waals surface area contributed by atoms with Gasteiger partial charge in [0.15, 0.2) is 0 Å². The number of nitrogens with zero attached hydrogens (tertiary/aromatic N) is 2. The molecule has 3 N–H and O–H groups in total. The molecule has 6 nitrogen and oxygen atoms in total. The van der Waals surface area contributed by atoms with Gasteiger partial charge in [-0.25, -0.2) is 4.98 Å². The van der Waals surface area contributed by atoms with Crippen LogP contribution in [0, 0.1) is 12.3 Å². The fourth-order valence-electron chi connectivity index (χ4n) is 3.37. The summed E-state index contributed by atoms with van der Waals surface area (Å²) in [6.07, 6.45) is 0.784. The molecular weight excluding hydrogens is 340 g/mol. The van der Waals surface area contributed by atoms with Gasteiger partial charge in [0.25, 0.3) is 0 Å². The Kier molecular flexibility index (Phi) is 4.32. The molecule has 1 aromatic heterocycles. The van der Waals surface area contributed by atoms with Crippen LogP contribution in [-0.2, 0) is 6.42 Å². The molecule has 0 saturated heterocycles. The first-order chi connectivity index (χ1) is 13.0. The van der Waals surface area contributed by atoms with Crippen LogP contribution in [0.1, 0.15) is 17.0 Å². The van der Waals surface area contributed by atoms with Gasteiger partial charge in [0.2, 0.25) is 0 Å². The lowest BCUT2D eigenvalue weighted by molar-refractivity contribution is 0.351. The van der Waals surface area contributed by atoms with Gasteiger partial charge in [-0.3, -0.25) is 5.41 Å². The molecule has 0 unspecified atom stereocenters. The maximum absolute atomic E-state index is 10.4. The monoisotopic (exact) mass is 362 g/mol. The number of methoxy groups -OCH3 is 1. The molecule has 0 atom stereocenters. The predicted molar refractivity (Wildman–Crippen MR) is 106 cm³/mol. The topological polar surface area (TPSA) is 85.2 Å². The number of aliphatic hydroxyl groups is 1. The van der Waals surface area contributed by atoms with Crippen molar-refractivity contribution in [2.24, 2.45) is 0 Å². The molecule has 0 amide bonds. The Labute approximate surface area is 157 Å². The van der Waals surface area contributed by atoms with Crippen LogP contribution in [0.4, 0.5) is 0 Å². The molecule has 2 aromatic carbocycles. The third-order valence-corrected chi connectivity index (χ3v) is 4.89. The fourth-order valence-corrected chi connectivity index (χ4v) is 3.37. The van der Waals surface area contributed by atoms with E-state index in [-0.39, 0.29) is 5.76 Å². The molecule has 2 heterocycles. The van der Waals surface area contributed by atoms with E-state index in [0.29, 0.717) is 30.3 Å². The summed E-state index contributed by atoms with van der Waals surface area (Å²) in [5, 5.41) is 19.0. The highest BCUT2D eigenvalue weighted by Gasteiger charge is 2.30. The maximum Gasteiger partial charge on any atom is 0.145 e. The van der Waals surface area contributed by atoms with Gasteiger partial charge < -0.3 is 19.7 Å². The molecule has 4 rings (SSSR count). The molecule has 1 aliphatic rings. The minimum absolute atomic E-state index is 0.186. The predicted octanol–water partition coefficient (Wildman–Crippen LogP) is 3.68. The largest absolute Gasteiger partial charge is 0.510 e. The summed E-state index contributed by atoms with van der Waals surface area (Å²) in [6, 6.07) is 13.9. The van der Waals surface area contributed by atoms with Crippen molar-refractivity contribution in [1.82, 2.24) is 14.9 Å². The van der Waals surface area contributed by atoms with E-state index < -0.39 is 0 Å². The van der Waals surface area contributed by atoms with E-state index in [0.717, 1.165) is 34.3 Å². The first-order valence-corrected chi connectivity index (χ1v) is 8.91. The van der Waals surface area contributed by atoms with E-state index in [9.17, 15) is 5.11 Å². The van der Waals surface area contributed by atoms with Gasteiger partial charge in [0.1, 0.15) is 23.2 Å².